The lowest BCUT2D eigenvalue weighted by Gasteiger charge is -2.27. The van der Waals surface area contributed by atoms with Crippen LogP contribution in [0.2, 0.25) is 0 Å². The van der Waals surface area contributed by atoms with Crippen LogP contribution in [0.5, 0.6) is 0 Å². The number of benzene rings is 1. The lowest BCUT2D eigenvalue weighted by atomic mass is 9.84. The maximum atomic E-state index is 6.66. The van der Waals surface area contributed by atoms with E-state index in [0.29, 0.717) is 5.92 Å². The molecule has 0 amide bonds. The van der Waals surface area contributed by atoms with Crippen LogP contribution in [0.1, 0.15) is 48.6 Å². The van der Waals surface area contributed by atoms with Crippen LogP contribution < -0.4 is 0 Å². The fraction of sp³-hybridized carbons (Fsp3) is 0.571. The van der Waals surface area contributed by atoms with Crippen molar-refractivity contribution >= 4 is 43.5 Å². The van der Waals surface area contributed by atoms with Crippen molar-refractivity contribution in [2.75, 3.05) is 0 Å². The summed E-state index contributed by atoms with van der Waals surface area (Å²) < 4.78 is 2.29. The van der Waals surface area contributed by atoms with E-state index in [0.717, 1.165) is 8.95 Å². The van der Waals surface area contributed by atoms with E-state index in [2.05, 4.69) is 50.9 Å². The monoisotopic (exact) mass is 378 g/mol. The highest BCUT2D eigenvalue weighted by atomic mass is 79.9. The number of hydrogen-bond donors (Lipinski definition) is 0. The molecule has 2 rings (SSSR count). The Morgan fingerprint density at radius 1 is 1.12 bits per heavy atom. The van der Waals surface area contributed by atoms with Crippen molar-refractivity contribution in [1.29, 1.82) is 0 Å². The predicted molar refractivity (Wildman–Crippen MR) is 81.7 cm³/mol. The van der Waals surface area contributed by atoms with Crippen molar-refractivity contribution in [2.45, 2.75) is 44.4 Å². The van der Waals surface area contributed by atoms with E-state index in [-0.39, 0.29) is 5.38 Å². The molecular formula is C14H17Br2Cl. The summed E-state index contributed by atoms with van der Waals surface area (Å²) >= 11 is 13.9. The lowest BCUT2D eigenvalue weighted by molar-refractivity contribution is 0.348. The van der Waals surface area contributed by atoms with Gasteiger partial charge in [-0.05, 0) is 48.9 Å². The summed E-state index contributed by atoms with van der Waals surface area (Å²) in [7, 11) is 0. The van der Waals surface area contributed by atoms with Crippen molar-refractivity contribution in [1.82, 2.24) is 0 Å². The summed E-state index contributed by atoms with van der Waals surface area (Å²) in [6.45, 7) is 2.10. The molecule has 0 N–H and O–H groups in total. The van der Waals surface area contributed by atoms with Crippen LogP contribution in [0, 0.1) is 12.8 Å². The Kier molecular flexibility index (Phi) is 4.96. The zero-order valence-corrected chi connectivity index (χ0v) is 13.9. The van der Waals surface area contributed by atoms with Crippen molar-refractivity contribution in [3.8, 4) is 0 Å². The SMILES string of the molecule is Cc1cc(Br)c(C(Cl)C2CCCCC2)cc1Br. The summed E-state index contributed by atoms with van der Waals surface area (Å²) in [5, 5.41) is 0.140. The number of alkyl halides is 1. The van der Waals surface area contributed by atoms with Crippen LogP contribution in [0.25, 0.3) is 0 Å². The van der Waals surface area contributed by atoms with Crippen molar-refractivity contribution < 1.29 is 0 Å². The van der Waals surface area contributed by atoms with Crippen LogP contribution >= 0.6 is 43.5 Å². The summed E-state index contributed by atoms with van der Waals surface area (Å²) in [4.78, 5) is 0. The number of hydrogen-bond acceptors (Lipinski definition) is 0. The Morgan fingerprint density at radius 2 is 1.76 bits per heavy atom. The Bertz CT molecular complexity index is 397. The normalized spacial score (nSPS) is 19.3. The summed E-state index contributed by atoms with van der Waals surface area (Å²) in [6.07, 6.45) is 6.58. The van der Waals surface area contributed by atoms with Gasteiger partial charge in [0.25, 0.3) is 0 Å². The number of halogens is 3. The molecule has 1 unspecified atom stereocenters. The van der Waals surface area contributed by atoms with Gasteiger partial charge < -0.3 is 0 Å². The van der Waals surface area contributed by atoms with E-state index in [4.69, 9.17) is 11.6 Å². The zero-order chi connectivity index (χ0) is 12.4. The van der Waals surface area contributed by atoms with Gasteiger partial charge in [0, 0.05) is 8.95 Å². The number of aryl methyl sites for hydroxylation is 1. The summed E-state index contributed by atoms with van der Waals surface area (Å²) in [6, 6.07) is 4.32. The van der Waals surface area contributed by atoms with E-state index in [9.17, 15) is 0 Å². The third-order valence-electron chi connectivity index (χ3n) is 3.64. The largest absolute Gasteiger partial charge is 0.117 e. The first-order valence-corrected chi connectivity index (χ1v) is 8.21. The third-order valence-corrected chi connectivity index (χ3v) is 5.77. The third kappa shape index (κ3) is 3.27. The second-order valence-corrected chi connectivity index (χ2v) is 7.10. The van der Waals surface area contributed by atoms with Crippen LogP contribution in [0.4, 0.5) is 0 Å². The molecule has 1 saturated carbocycles. The smallest absolute Gasteiger partial charge is 0.0624 e. The molecule has 1 aliphatic rings. The van der Waals surface area contributed by atoms with Gasteiger partial charge in [-0.3, -0.25) is 0 Å². The standard InChI is InChI=1S/C14H17Br2Cl/c1-9-7-13(16)11(8-12(9)15)14(17)10-5-3-2-4-6-10/h7-8,10,14H,2-6H2,1H3. The van der Waals surface area contributed by atoms with Crippen molar-refractivity contribution in [3.05, 3.63) is 32.2 Å². The molecule has 0 spiro atoms. The predicted octanol–water partition coefficient (Wildman–Crippen LogP) is 6.38. The van der Waals surface area contributed by atoms with Crippen molar-refractivity contribution in [2.24, 2.45) is 5.92 Å². The molecule has 1 atom stereocenters. The van der Waals surface area contributed by atoms with Gasteiger partial charge in [0.2, 0.25) is 0 Å². The molecule has 0 heterocycles. The van der Waals surface area contributed by atoms with Gasteiger partial charge in [0.15, 0.2) is 0 Å². The Morgan fingerprint density at radius 3 is 2.41 bits per heavy atom. The van der Waals surface area contributed by atoms with Crippen LogP contribution in [0.15, 0.2) is 21.1 Å². The van der Waals surface area contributed by atoms with Gasteiger partial charge in [-0.2, -0.15) is 0 Å². The minimum atomic E-state index is 0.140. The molecule has 17 heavy (non-hydrogen) atoms. The molecule has 0 radical (unpaired) electrons. The van der Waals surface area contributed by atoms with E-state index in [1.807, 2.05) is 0 Å². The molecule has 0 bridgehead atoms. The van der Waals surface area contributed by atoms with Gasteiger partial charge in [0.1, 0.15) is 0 Å². The molecule has 1 aromatic carbocycles. The molecule has 0 aliphatic heterocycles. The fourth-order valence-corrected chi connectivity index (χ4v) is 4.18. The van der Waals surface area contributed by atoms with Gasteiger partial charge in [-0.25, -0.2) is 0 Å². The Balaban J connectivity index is 2.23. The lowest BCUT2D eigenvalue weighted by Crippen LogP contribution is -2.12. The van der Waals surface area contributed by atoms with Crippen LogP contribution in [-0.4, -0.2) is 0 Å². The average Bonchev–Trinajstić information content (AvgIpc) is 2.34. The first-order valence-electron chi connectivity index (χ1n) is 6.19. The summed E-state index contributed by atoms with van der Waals surface area (Å²) in [5.74, 6) is 0.635. The second kappa shape index (κ2) is 6.08. The van der Waals surface area contributed by atoms with Gasteiger partial charge in [0.05, 0.1) is 5.38 Å². The zero-order valence-electron chi connectivity index (χ0n) is 9.98. The van der Waals surface area contributed by atoms with E-state index in [1.165, 1.54) is 43.2 Å². The highest BCUT2D eigenvalue weighted by Crippen LogP contribution is 2.42. The molecule has 1 fully saturated rings. The maximum absolute atomic E-state index is 6.66. The summed E-state index contributed by atoms with van der Waals surface area (Å²) in [5.41, 5.74) is 2.48. The number of rotatable bonds is 2. The minimum absolute atomic E-state index is 0.140. The molecule has 1 aliphatic carbocycles. The Labute approximate surface area is 125 Å². The highest BCUT2D eigenvalue weighted by Gasteiger charge is 2.25. The van der Waals surface area contributed by atoms with E-state index >= 15 is 0 Å². The fourth-order valence-electron chi connectivity index (χ4n) is 2.55. The Hall–Kier alpha value is 0.470. The van der Waals surface area contributed by atoms with Gasteiger partial charge >= 0.3 is 0 Å². The van der Waals surface area contributed by atoms with Gasteiger partial charge in [-0.1, -0.05) is 51.1 Å². The molecule has 0 aromatic heterocycles. The minimum Gasteiger partial charge on any atom is -0.117 e. The van der Waals surface area contributed by atoms with Gasteiger partial charge in [-0.15, -0.1) is 11.6 Å². The highest BCUT2D eigenvalue weighted by molar-refractivity contribution is 9.11. The molecular weight excluding hydrogens is 363 g/mol. The first-order chi connectivity index (χ1) is 8.09. The second-order valence-electron chi connectivity index (χ2n) is 4.92. The molecule has 0 saturated heterocycles. The van der Waals surface area contributed by atoms with Crippen molar-refractivity contribution in [3.63, 3.8) is 0 Å². The molecule has 3 heteroatoms. The molecule has 0 nitrogen and oxygen atoms in total. The molecule has 1 aromatic rings. The van der Waals surface area contributed by atoms with E-state index in [1.54, 1.807) is 0 Å². The van der Waals surface area contributed by atoms with Crippen LogP contribution in [-0.2, 0) is 0 Å². The van der Waals surface area contributed by atoms with E-state index < -0.39 is 0 Å². The van der Waals surface area contributed by atoms with Crippen LogP contribution in [0.3, 0.4) is 0 Å². The average molecular weight is 381 g/mol. The quantitative estimate of drug-likeness (QED) is 0.522. The molecule has 94 valence electrons. The maximum Gasteiger partial charge on any atom is 0.0624 e. The topological polar surface area (TPSA) is 0 Å². The first kappa shape index (κ1) is 13.9.